The van der Waals surface area contributed by atoms with E-state index in [1.165, 1.54) is 16.7 Å². The molecule has 0 radical (unpaired) electrons. The van der Waals surface area contributed by atoms with Crippen molar-refractivity contribution in [3.05, 3.63) is 46.4 Å². The van der Waals surface area contributed by atoms with E-state index in [1.54, 1.807) is 0 Å². The van der Waals surface area contributed by atoms with Gasteiger partial charge in [-0.15, -0.1) is 11.3 Å². The number of hydrogen-bond donors (Lipinski definition) is 2. The third-order valence-electron chi connectivity index (χ3n) is 3.20. The fourth-order valence-corrected chi connectivity index (χ4v) is 2.54. The molecule has 7 heteroatoms. The second-order valence-corrected chi connectivity index (χ2v) is 5.94. The molecule has 0 saturated carbocycles. The van der Waals surface area contributed by atoms with Gasteiger partial charge < -0.3 is 15.2 Å². The van der Waals surface area contributed by atoms with Crippen LogP contribution in [0.3, 0.4) is 0 Å². The molecule has 122 valence electrons. The number of carbonyl (C=O) groups is 2. The van der Waals surface area contributed by atoms with E-state index in [1.807, 2.05) is 37.3 Å². The van der Waals surface area contributed by atoms with Gasteiger partial charge in [-0.25, -0.2) is 9.78 Å². The Morgan fingerprint density at radius 3 is 2.74 bits per heavy atom. The molecule has 2 aromatic rings. The highest BCUT2D eigenvalue weighted by atomic mass is 32.1. The molecule has 1 unspecified atom stereocenters. The molecule has 1 amide bonds. The summed E-state index contributed by atoms with van der Waals surface area (Å²) in [5, 5.41) is 13.6. The fourth-order valence-electron chi connectivity index (χ4n) is 1.83. The Kier molecular flexibility index (Phi) is 6.10. The number of carbonyl (C=O) groups excluding carboxylic acids is 1. The lowest BCUT2D eigenvalue weighted by Crippen LogP contribution is -2.29. The number of para-hydroxylation sites is 1. The molecular formula is C16H18N2O4S. The molecule has 0 spiro atoms. The Morgan fingerprint density at radius 1 is 1.35 bits per heavy atom. The van der Waals surface area contributed by atoms with E-state index >= 15 is 0 Å². The second-order valence-electron chi connectivity index (χ2n) is 5.00. The summed E-state index contributed by atoms with van der Waals surface area (Å²) in [4.78, 5) is 26.7. The summed E-state index contributed by atoms with van der Waals surface area (Å²) in [6.07, 6.45) is 0.596. The number of ether oxygens (including phenoxy) is 1. The third kappa shape index (κ3) is 5.37. The number of amides is 1. The van der Waals surface area contributed by atoms with Crippen molar-refractivity contribution >= 4 is 23.2 Å². The van der Waals surface area contributed by atoms with Crippen LogP contribution in [0.5, 0.6) is 5.75 Å². The van der Waals surface area contributed by atoms with Gasteiger partial charge in [0, 0.05) is 11.3 Å². The zero-order chi connectivity index (χ0) is 16.7. The summed E-state index contributed by atoms with van der Waals surface area (Å²) in [5.41, 5.74) is 0.00329. The van der Waals surface area contributed by atoms with Crippen LogP contribution in [-0.2, 0) is 11.3 Å². The van der Waals surface area contributed by atoms with E-state index in [0.29, 0.717) is 18.0 Å². The van der Waals surface area contributed by atoms with Crippen LogP contribution in [-0.4, -0.2) is 28.6 Å². The van der Waals surface area contributed by atoms with Gasteiger partial charge in [0.25, 0.3) is 0 Å². The van der Waals surface area contributed by atoms with Crippen molar-refractivity contribution in [1.29, 1.82) is 0 Å². The van der Waals surface area contributed by atoms with Crippen LogP contribution in [0.1, 0.15) is 28.8 Å². The van der Waals surface area contributed by atoms with Crippen LogP contribution >= 0.6 is 11.3 Å². The molecule has 2 rings (SSSR count). The first-order chi connectivity index (χ1) is 11.1. The molecule has 1 aromatic heterocycles. The van der Waals surface area contributed by atoms with Crippen LogP contribution < -0.4 is 10.1 Å². The summed E-state index contributed by atoms with van der Waals surface area (Å²) >= 11 is 1.22. The molecule has 1 aromatic carbocycles. The summed E-state index contributed by atoms with van der Waals surface area (Å²) in [5.74, 6) is -0.583. The first-order valence-corrected chi connectivity index (χ1v) is 8.07. The zero-order valence-corrected chi connectivity index (χ0v) is 13.5. The van der Waals surface area contributed by atoms with Crippen LogP contribution in [0.25, 0.3) is 0 Å². The highest BCUT2D eigenvalue weighted by molar-refractivity contribution is 7.09. The van der Waals surface area contributed by atoms with Crippen molar-refractivity contribution < 1.29 is 19.4 Å². The Labute approximate surface area is 138 Å². The van der Waals surface area contributed by atoms with Crippen LogP contribution in [0, 0.1) is 5.92 Å². The monoisotopic (exact) mass is 334 g/mol. The van der Waals surface area contributed by atoms with E-state index in [0.717, 1.165) is 5.75 Å². The highest BCUT2D eigenvalue weighted by Crippen LogP contribution is 2.12. The van der Waals surface area contributed by atoms with Crippen molar-refractivity contribution in [2.45, 2.75) is 19.9 Å². The Morgan fingerprint density at radius 2 is 2.09 bits per heavy atom. The number of benzene rings is 1. The van der Waals surface area contributed by atoms with Crippen molar-refractivity contribution in [2.75, 3.05) is 6.61 Å². The number of carboxylic acids is 1. The van der Waals surface area contributed by atoms with Crippen molar-refractivity contribution in [3.8, 4) is 5.75 Å². The molecule has 6 nitrogen and oxygen atoms in total. The molecule has 0 bridgehead atoms. The number of aromatic nitrogens is 1. The number of nitrogens with one attached hydrogen (secondary N) is 1. The maximum Gasteiger partial charge on any atom is 0.355 e. The fraction of sp³-hybridized carbons (Fsp3) is 0.312. The lowest BCUT2D eigenvalue weighted by atomic mass is 10.1. The van der Waals surface area contributed by atoms with E-state index in [-0.39, 0.29) is 24.1 Å². The van der Waals surface area contributed by atoms with Gasteiger partial charge in [0.15, 0.2) is 5.69 Å². The largest absolute Gasteiger partial charge is 0.494 e. The molecule has 0 fully saturated rings. The number of rotatable bonds is 8. The van der Waals surface area contributed by atoms with Crippen LogP contribution in [0.4, 0.5) is 0 Å². The topological polar surface area (TPSA) is 88.5 Å². The molecular weight excluding hydrogens is 316 g/mol. The molecule has 0 aliphatic heterocycles. The van der Waals surface area contributed by atoms with Crippen molar-refractivity contribution in [3.63, 3.8) is 0 Å². The first kappa shape index (κ1) is 17.0. The van der Waals surface area contributed by atoms with Gasteiger partial charge in [-0.2, -0.15) is 0 Å². The van der Waals surface area contributed by atoms with E-state index in [2.05, 4.69) is 10.3 Å². The third-order valence-corrected chi connectivity index (χ3v) is 4.04. The number of carboxylic acid groups (broad SMARTS) is 1. The molecule has 0 saturated heterocycles. The zero-order valence-electron chi connectivity index (χ0n) is 12.7. The van der Waals surface area contributed by atoms with Gasteiger partial charge in [-0.3, -0.25) is 4.79 Å². The van der Waals surface area contributed by atoms with Gasteiger partial charge in [0.2, 0.25) is 5.91 Å². The van der Waals surface area contributed by atoms with Crippen LogP contribution in [0.2, 0.25) is 0 Å². The normalized spacial score (nSPS) is 11.7. The standard InChI is InChI=1S/C16H18N2O4S/c1-11(7-8-22-12-5-3-2-4-6-12)15(19)17-9-14-18-13(10-23-14)16(20)21/h2-6,10-11H,7-9H2,1H3,(H,17,19)(H,20,21). The maximum atomic E-state index is 12.0. The average molecular weight is 334 g/mol. The van der Waals surface area contributed by atoms with Gasteiger partial charge in [0.05, 0.1) is 13.2 Å². The lowest BCUT2D eigenvalue weighted by Gasteiger charge is -2.12. The van der Waals surface area contributed by atoms with E-state index < -0.39 is 5.97 Å². The highest BCUT2D eigenvalue weighted by Gasteiger charge is 2.14. The predicted octanol–water partition coefficient (Wildman–Crippen LogP) is 2.56. The smallest absolute Gasteiger partial charge is 0.355 e. The van der Waals surface area contributed by atoms with E-state index in [4.69, 9.17) is 9.84 Å². The minimum absolute atomic E-state index is 0.00329. The molecule has 1 atom stereocenters. The average Bonchev–Trinajstić information content (AvgIpc) is 3.02. The van der Waals surface area contributed by atoms with Crippen LogP contribution in [0.15, 0.2) is 35.7 Å². The summed E-state index contributed by atoms with van der Waals surface area (Å²) in [7, 11) is 0. The van der Waals surface area contributed by atoms with Gasteiger partial charge in [-0.05, 0) is 18.6 Å². The molecule has 0 aliphatic rings. The van der Waals surface area contributed by atoms with E-state index in [9.17, 15) is 9.59 Å². The van der Waals surface area contributed by atoms with Gasteiger partial charge in [0.1, 0.15) is 10.8 Å². The quantitative estimate of drug-likeness (QED) is 0.774. The Bertz CT molecular complexity index is 657. The Hall–Kier alpha value is -2.41. The number of hydrogen-bond acceptors (Lipinski definition) is 5. The predicted molar refractivity (Wildman–Crippen MR) is 86.6 cm³/mol. The number of aromatic carboxylic acids is 1. The summed E-state index contributed by atoms with van der Waals surface area (Å²) in [6.45, 7) is 2.52. The minimum atomic E-state index is -1.06. The first-order valence-electron chi connectivity index (χ1n) is 7.19. The molecule has 0 aliphatic carbocycles. The minimum Gasteiger partial charge on any atom is -0.494 e. The molecule has 1 heterocycles. The van der Waals surface area contributed by atoms with Gasteiger partial charge >= 0.3 is 5.97 Å². The second kappa shape index (κ2) is 8.28. The van der Waals surface area contributed by atoms with Crippen molar-refractivity contribution in [1.82, 2.24) is 10.3 Å². The van der Waals surface area contributed by atoms with Gasteiger partial charge in [-0.1, -0.05) is 25.1 Å². The number of thiazole rings is 1. The maximum absolute atomic E-state index is 12.0. The Balaban J connectivity index is 1.71. The van der Waals surface area contributed by atoms with Crippen molar-refractivity contribution in [2.24, 2.45) is 5.92 Å². The summed E-state index contributed by atoms with van der Waals surface area (Å²) < 4.78 is 5.56. The molecule has 2 N–H and O–H groups in total. The summed E-state index contributed by atoms with van der Waals surface area (Å²) in [6, 6.07) is 9.44. The SMILES string of the molecule is CC(CCOc1ccccc1)C(=O)NCc1nc(C(=O)O)cs1. The molecule has 23 heavy (non-hydrogen) atoms. The lowest BCUT2D eigenvalue weighted by molar-refractivity contribution is -0.125. The number of nitrogens with zero attached hydrogens (tertiary/aromatic N) is 1.